The predicted molar refractivity (Wildman–Crippen MR) is 238 cm³/mol. The van der Waals surface area contributed by atoms with Crippen LogP contribution in [0, 0.1) is 16.7 Å². The van der Waals surface area contributed by atoms with Gasteiger partial charge in [0.1, 0.15) is 79.4 Å². The van der Waals surface area contributed by atoms with Crippen LogP contribution in [0.2, 0.25) is 0 Å². The first-order chi connectivity index (χ1) is 33.0. The van der Waals surface area contributed by atoms with Crippen molar-refractivity contribution >= 4 is 11.9 Å². The standard InChI is InChI=1S/C21H41N7O11.C18H37N5O8/c1-5-6(3-29)16(38-18-10(26-2)14(34)11(31)7(4-30)37-18)19(36-5)39-17-9(28-21(24)25)12(32)8(27-20(22)23)13(33)15(17)35;19-4-6-1-2-7(20)17(28-6)30-15-8(21)3-9(22)16(14(15)27)31-18-13(26)11(23)12(25)10(5-24)29-18/h5-19,26,29-35H,3-4H2,1-2H3,(H4,22,23,27)(H4,24,25,28);6-18,24-27H,1-5,19-23H2/t5-,6-,7-,8+,9-,10-,11-,12+,13-,14-,15+,16+,17+,18-,19-;6-,7+,8-,9+,10+,11-,12+,13+,14-,15+,16-,17+,18+/m00/s1. The zero-order chi connectivity index (χ0) is 52.0. The molecule has 31 nitrogen and oxygen atoms in total. The van der Waals surface area contributed by atoms with Crippen molar-refractivity contribution in [2.75, 3.05) is 33.4 Å². The minimum atomic E-state index is -1.72. The second-order valence-corrected chi connectivity index (χ2v) is 18.6. The largest absolute Gasteiger partial charge is 0.396 e. The van der Waals surface area contributed by atoms with Crippen LogP contribution in [0.3, 0.4) is 0 Å². The van der Waals surface area contributed by atoms with Gasteiger partial charge in [-0.2, -0.15) is 0 Å². The van der Waals surface area contributed by atoms with Gasteiger partial charge in [0.05, 0.1) is 68.3 Å². The highest BCUT2D eigenvalue weighted by Gasteiger charge is 2.56. The summed E-state index contributed by atoms with van der Waals surface area (Å²) >= 11 is 0. The van der Waals surface area contributed by atoms with Gasteiger partial charge in [-0.1, -0.05) is 0 Å². The van der Waals surface area contributed by atoms with Crippen LogP contribution in [0.5, 0.6) is 0 Å². The molecule has 0 radical (unpaired) electrons. The summed E-state index contributed by atoms with van der Waals surface area (Å²) < 4.78 is 46.6. The lowest BCUT2D eigenvalue weighted by atomic mass is 9.81. The fourth-order valence-electron chi connectivity index (χ4n) is 9.66. The van der Waals surface area contributed by atoms with Crippen LogP contribution < -0.4 is 56.1 Å². The van der Waals surface area contributed by atoms with E-state index in [1.165, 1.54) is 7.05 Å². The van der Waals surface area contributed by atoms with Gasteiger partial charge in [0.15, 0.2) is 37.1 Å². The van der Waals surface area contributed by atoms with E-state index in [2.05, 4.69) is 16.0 Å². The molecule has 6 rings (SSSR count). The summed E-state index contributed by atoms with van der Waals surface area (Å²) in [5, 5.41) is 136. The molecule has 0 unspecified atom stereocenters. The highest BCUT2D eigenvalue weighted by molar-refractivity contribution is 5.75. The van der Waals surface area contributed by atoms with Gasteiger partial charge < -0.3 is 150 Å². The van der Waals surface area contributed by atoms with E-state index in [-0.39, 0.29) is 12.5 Å². The first-order valence-corrected chi connectivity index (χ1v) is 23.1. The van der Waals surface area contributed by atoms with Crippen molar-refractivity contribution in [3.05, 3.63) is 0 Å². The van der Waals surface area contributed by atoms with Crippen LogP contribution in [0.4, 0.5) is 0 Å². The van der Waals surface area contributed by atoms with Gasteiger partial charge in [-0.3, -0.25) is 10.8 Å². The first-order valence-electron chi connectivity index (χ1n) is 23.1. The number of hydrogen-bond donors (Lipinski definition) is 23. The number of nitrogens with one attached hydrogen (secondary N) is 5. The van der Waals surface area contributed by atoms with Gasteiger partial charge in [0.25, 0.3) is 0 Å². The third kappa shape index (κ3) is 13.1. The molecule has 28 atom stereocenters. The number of likely N-dealkylation sites (N-methyl/N-ethyl adjacent to an activating group) is 1. The van der Waals surface area contributed by atoms with Gasteiger partial charge >= 0.3 is 0 Å². The lowest BCUT2D eigenvalue weighted by molar-refractivity contribution is -0.313. The summed E-state index contributed by atoms with van der Waals surface area (Å²) in [6.45, 7) is 0.364. The number of aliphatic hydroxyl groups excluding tert-OH is 11. The molecule has 6 fully saturated rings. The summed E-state index contributed by atoms with van der Waals surface area (Å²) in [7, 11) is 1.50. The Balaban J connectivity index is 0.000000267. The molecular formula is C39H78N12O19. The van der Waals surface area contributed by atoms with E-state index in [9.17, 15) is 56.2 Å². The second-order valence-electron chi connectivity index (χ2n) is 18.6. The highest BCUT2D eigenvalue weighted by Crippen LogP contribution is 2.37. The normalized spacial score (nSPS) is 48.8. The molecule has 0 amide bonds. The van der Waals surface area contributed by atoms with Crippen molar-refractivity contribution in [2.24, 2.45) is 46.1 Å². The molecule has 0 aromatic rings. The van der Waals surface area contributed by atoms with Crippen LogP contribution in [-0.4, -0.2) is 267 Å². The maximum absolute atomic E-state index is 11.0. The fraction of sp³-hybridized carbons (Fsp3) is 0.949. The monoisotopic (exact) mass is 1020 g/mol. The van der Waals surface area contributed by atoms with Gasteiger partial charge in [-0.15, -0.1) is 0 Å². The van der Waals surface area contributed by atoms with Crippen LogP contribution >= 0.6 is 0 Å². The Bertz CT molecular complexity index is 1650. The molecule has 408 valence electrons. The van der Waals surface area contributed by atoms with Crippen LogP contribution in [-0.2, 0) is 37.9 Å². The maximum atomic E-state index is 11.0. The van der Waals surface area contributed by atoms with E-state index < -0.39 is 197 Å². The minimum Gasteiger partial charge on any atom is -0.396 e. The molecule has 30 N–H and O–H groups in total. The SMILES string of the molecule is CN[C@@H]1[C@H](O[C@H]2[C@H](O[C@H]3[C@H](O)[C@@H](O)[C@H](NC(=N)N)[C@@H](O)[C@@H]3NC(=N)N)O[C@@H](C)[C@@H]2CO)O[C@@H](CO)[C@H](O)[C@H]1O.NC[C@@H]1CC[C@@H](N)[C@@H](O[C@H]2[C@H](O)[C@@H](O[C@H]3O[C@H](CO)[C@@H](O)[C@H](N)[C@H]3O)[C@H](N)C[C@@H]2N)O1. The molecular weight excluding hydrogens is 940 g/mol. The van der Waals surface area contributed by atoms with E-state index in [4.69, 9.17) is 88.8 Å². The summed E-state index contributed by atoms with van der Waals surface area (Å²) in [6, 6.07) is -6.45. The van der Waals surface area contributed by atoms with Gasteiger partial charge in [0.2, 0.25) is 0 Å². The molecule has 4 saturated heterocycles. The number of ether oxygens (including phenoxy) is 8. The minimum absolute atomic E-state index is 0.204. The molecule has 4 heterocycles. The van der Waals surface area contributed by atoms with E-state index in [0.29, 0.717) is 19.4 Å². The number of nitrogens with two attached hydrogens (primary N) is 7. The predicted octanol–water partition coefficient (Wildman–Crippen LogP) is -12.3. The Hall–Kier alpha value is -2.46. The fourth-order valence-corrected chi connectivity index (χ4v) is 9.66. The quantitative estimate of drug-likeness (QED) is 0.0535. The Morgan fingerprint density at radius 3 is 1.63 bits per heavy atom. The zero-order valence-electron chi connectivity index (χ0n) is 38.8. The summed E-state index contributed by atoms with van der Waals surface area (Å²) in [6.07, 6.45) is -22.5. The average molecular weight is 1020 g/mol. The Kier molecular flexibility index (Phi) is 21.4. The van der Waals surface area contributed by atoms with Crippen molar-refractivity contribution in [3.8, 4) is 0 Å². The van der Waals surface area contributed by atoms with E-state index in [0.717, 1.165) is 0 Å². The number of hydrogen-bond acceptors (Lipinski definition) is 27. The van der Waals surface area contributed by atoms with E-state index in [1.807, 2.05) is 0 Å². The van der Waals surface area contributed by atoms with Gasteiger partial charge in [-0.25, -0.2) is 0 Å². The van der Waals surface area contributed by atoms with Crippen molar-refractivity contribution in [2.45, 2.75) is 191 Å². The highest BCUT2D eigenvalue weighted by atomic mass is 16.8. The zero-order valence-corrected chi connectivity index (χ0v) is 38.8. The van der Waals surface area contributed by atoms with Gasteiger partial charge in [0, 0.05) is 24.5 Å². The lowest BCUT2D eigenvalue weighted by Gasteiger charge is -2.47. The molecule has 0 bridgehead atoms. The first kappa shape index (κ1) is 58.4. The number of guanidine groups is 2. The maximum Gasteiger partial charge on any atom is 0.186 e. The van der Waals surface area contributed by atoms with Crippen LogP contribution in [0.15, 0.2) is 0 Å². The third-order valence-corrected chi connectivity index (χ3v) is 13.8. The molecule has 0 aromatic carbocycles. The number of rotatable bonds is 15. The Morgan fingerprint density at radius 1 is 0.543 bits per heavy atom. The second kappa shape index (κ2) is 25.7. The smallest absolute Gasteiger partial charge is 0.186 e. The van der Waals surface area contributed by atoms with Crippen LogP contribution in [0.1, 0.15) is 26.2 Å². The molecule has 2 saturated carbocycles. The Morgan fingerprint density at radius 2 is 1.07 bits per heavy atom. The third-order valence-electron chi connectivity index (χ3n) is 13.8. The molecule has 2 aliphatic carbocycles. The average Bonchev–Trinajstić information content (AvgIpc) is 3.61. The summed E-state index contributed by atoms with van der Waals surface area (Å²) in [4.78, 5) is 0. The molecule has 6 aliphatic rings. The Labute approximate surface area is 403 Å². The van der Waals surface area contributed by atoms with Crippen molar-refractivity contribution < 1.29 is 94.1 Å². The van der Waals surface area contributed by atoms with E-state index >= 15 is 0 Å². The van der Waals surface area contributed by atoms with Gasteiger partial charge in [-0.05, 0) is 33.2 Å². The molecule has 4 aliphatic heterocycles. The van der Waals surface area contributed by atoms with E-state index in [1.54, 1.807) is 6.92 Å². The van der Waals surface area contributed by atoms with Crippen LogP contribution in [0.25, 0.3) is 0 Å². The topological polar surface area (TPSA) is 562 Å². The number of aliphatic hydroxyl groups is 11. The van der Waals surface area contributed by atoms with Crippen molar-refractivity contribution in [1.29, 1.82) is 10.8 Å². The summed E-state index contributed by atoms with van der Waals surface area (Å²) in [5.74, 6) is -1.89. The molecule has 31 heteroatoms. The summed E-state index contributed by atoms with van der Waals surface area (Å²) in [5.41, 5.74) is 40.8. The molecule has 0 aromatic heterocycles. The van der Waals surface area contributed by atoms with Crippen molar-refractivity contribution in [3.63, 3.8) is 0 Å². The van der Waals surface area contributed by atoms with Crippen molar-refractivity contribution in [1.82, 2.24) is 16.0 Å². The lowest BCUT2D eigenvalue weighted by Crippen LogP contribution is -2.73. The molecule has 0 spiro atoms. The molecule has 70 heavy (non-hydrogen) atoms.